The molecule has 0 aliphatic heterocycles. The van der Waals surface area contributed by atoms with Crippen molar-refractivity contribution in [2.24, 2.45) is 0 Å². The molecular weight excluding hydrogens is 1010 g/mol. The Morgan fingerprint density at radius 1 is 0.403 bits per heavy atom. The summed E-state index contributed by atoms with van der Waals surface area (Å²) in [7, 11) is 0. The standard InChI is InChI=1S/C49H63N13O15/c1-2-3-4-10-34(54-49(72)39-15-9-20-44(67)62(39)77)33-57(28-24-53-48(71)38-14-8-19-43(66)61(38)76)32-31-56(27-23-52-47(70)37-13-7-18-42(65)60(37)75)30-29-55(25-21-50-45(68)35-11-5-16-40(63)58(35)73)26-22-51-46(69)36-12-6-17-41(64)59(36)74/h5-9,11-20,34,73-77H,2-4,10,21-33H2,1H3,(H,50,68)(H,51,69)(H,52,70)(H,53,71)(H,54,72). The molecule has 0 saturated heterocycles. The minimum atomic E-state index is -0.833. The van der Waals surface area contributed by atoms with Crippen molar-refractivity contribution in [2.45, 2.75) is 38.6 Å². The van der Waals surface area contributed by atoms with Gasteiger partial charge in [-0.1, -0.05) is 56.5 Å². The van der Waals surface area contributed by atoms with Gasteiger partial charge in [-0.05, 0) is 36.8 Å². The lowest BCUT2D eigenvalue weighted by atomic mass is 10.1. The molecule has 1 unspecified atom stereocenters. The van der Waals surface area contributed by atoms with E-state index in [2.05, 4.69) is 26.6 Å². The number of carbonyl (C=O) groups excluding carboxylic acids is 5. The molecule has 5 aromatic rings. The number of hydrogen-bond acceptors (Lipinski definition) is 18. The van der Waals surface area contributed by atoms with Gasteiger partial charge in [0, 0.05) is 121 Å². The molecule has 0 aliphatic rings. The van der Waals surface area contributed by atoms with Crippen LogP contribution in [0.25, 0.3) is 0 Å². The van der Waals surface area contributed by atoms with E-state index >= 15 is 0 Å². The Hall–Kier alpha value is -9.02. The van der Waals surface area contributed by atoms with Gasteiger partial charge in [-0.3, -0.25) is 62.6 Å². The maximum absolute atomic E-state index is 13.6. The van der Waals surface area contributed by atoms with Gasteiger partial charge in [0.1, 0.15) is 28.5 Å². The Kier molecular flexibility index (Phi) is 22.3. The minimum absolute atomic E-state index is 0.0282. The fraction of sp³-hybridized carbons (Fsp3) is 0.388. The normalized spacial score (nSPS) is 11.6. The van der Waals surface area contributed by atoms with Gasteiger partial charge >= 0.3 is 0 Å². The predicted molar refractivity (Wildman–Crippen MR) is 273 cm³/mol. The number of amides is 5. The highest BCUT2D eigenvalue weighted by Crippen LogP contribution is 2.09. The second-order valence-corrected chi connectivity index (χ2v) is 17.5. The van der Waals surface area contributed by atoms with E-state index in [1.165, 1.54) is 60.7 Å². The van der Waals surface area contributed by atoms with Gasteiger partial charge in [0.25, 0.3) is 57.3 Å². The first-order valence-electron chi connectivity index (χ1n) is 24.6. The molecule has 1 atom stereocenters. The van der Waals surface area contributed by atoms with Crippen LogP contribution in [-0.2, 0) is 0 Å². The van der Waals surface area contributed by atoms with Crippen LogP contribution in [0.15, 0.2) is 115 Å². The smallest absolute Gasteiger partial charge is 0.283 e. The van der Waals surface area contributed by atoms with Crippen LogP contribution in [0.1, 0.15) is 85.0 Å². The number of nitrogens with one attached hydrogen (secondary N) is 5. The maximum Gasteiger partial charge on any atom is 0.283 e. The Morgan fingerprint density at radius 2 is 0.675 bits per heavy atom. The van der Waals surface area contributed by atoms with Crippen molar-refractivity contribution in [1.82, 2.24) is 64.9 Å². The molecule has 10 N–H and O–H groups in total. The predicted octanol–water partition coefficient (Wildman–Crippen LogP) is -2.01. The zero-order valence-electron chi connectivity index (χ0n) is 42.2. The highest BCUT2D eigenvalue weighted by molar-refractivity contribution is 5.94. The third-order valence-electron chi connectivity index (χ3n) is 12.1. The van der Waals surface area contributed by atoms with Crippen LogP contribution in [-0.4, -0.2) is 185 Å². The summed E-state index contributed by atoms with van der Waals surface area (Å²) in [4.78, 5) is 132. The summed E-state index contributed by atoms with van der Waals surface area (Å²) in [6, 6.07) is 17.6. The number of nitrogens with zero attached hydrogens (tertiary/aromatic N) is 8. The number of hydrogen-bond donors (Lipinski definition) is 10. The Morgan fingerprint density at radius 3 is 0.987 bits per heavy atom. The van der Waals surface area contributed by atoms with E-state index in [4.69, 9.17) is 0 Å². The summed E-state index contributed by atoms with van der Waals surface area (Å²) in [5, 5.41) is 64.8. The third kappa shape index (κ3) is 17.3. The van der Waals surface area contributed by atoms with Gasteiger partial charge in [0.05, 0.1) is 0 Å². The molecule has 414 valence electrons. The molecule has 0 radical (unpaired) electrons. The highest BCUT2D eigenvalue weighted by atomic mass is 16.5. The highest BCUT2D eigenvalue weighted by Gasteiger charge is 2.23. The number of aromatic nitrogens is 5. The summed E-state index contributed by atoms with van der Waals surface area (Å²) in [5.41, 5.74) is -5.74. The molecule has 0 spiro atoms. The number of rotatable bonds is 30. The van der Waals surface area contributed by atoms with Crippen LogP contribution in [0.4, 0.5) is 0 Å². The van der Waals surface area contributed by atoms with Gasteiger partial charge < -0.3 is 52.6 Å². The first-order valence-corrected chi connectivity index (χ1v) is 24.6. The zero-order chi connectivity index (χ0) is 56.0. The van der Waals surface area contributed by atoms with E-state index in [0.29, 0.717) is 12.8 Å². The van der Waals surface area contributed by atoms with Gasteiger partial charge in [0.2, 0.25) is 0 Å². The number of unbranched alkanes of at least 4 members (excludes halogenated alkanes) is 2. The zero-order valence-corrected chi connectivity index (χ0v) is 42.2. The van der Waals surface area contributed by atoms with Gasteiger partial charge in [-0.15, -0.1) is 23.7 Å². The first kappa shape index (κ1) is 58.9. The minimum Gasteiger partial charge on any atom is -0.425 e. The van der Waals surface area contributed by atoms with Crippen molar-refractivity contribution in [3.05, 3.63) is 171 Å². The molecule has 28 heteroatoms. The van der Waals surface area contributed by atoms with Crippen LogP contribution in [0.2, 0.25) is 0 Å². The van der Waals surface area contributed by atoms with Crippen molar-refractivity contribution < 1.29 is 50.0 Å². The molecule has 0 saturated carbocycles. The molecule has 28 nitrogen and oxygen atoms in total. The Labute approximate surface area is 438 Å². The summed E-state index contributed by atoms with van der Waals surface area (Å²) in [6.07, 6.45) is 2.79. The SMILES string of the molecule is CCCCCC(CN(CCNC(=O)c1cccc(=O)n1O)CCN(CCNC(=O)c1cccc(=O)n1O)CCN(CCNC(=O)c1cccc(=O)n1O)CCNC(=O)c1cccc(=O)n1O)NC(=O)c1cccc(=O)n1O. The van der Waals surface area contributed by atoms with Gasteiger partial charge in [-0.25, -0.2) is 0 Å². The van der Waals surface area contributed by atoms with E-state index in [1.807, 2.05) is 21.6 Å². The topological polar surface area (TPSA) is 366 Å². The molecular formula is C49H63N13O15. The molecule has 77 heavy (non-hydrogen) atoms. The van der Waals surface area contributed by atoms with E-state index in [1.54, 1.807) is 0 Å². The lowest BCUT2D eigenvalue weighted by Crippen LogP contribution is -2.50. The van der Waals surface area contributed by atoms with Gasteiger partial charge in [-0.2, -0.15) is 0 Å². The molecule has 0 aliphatic carbocycles. The van der Waals surface area contributed by atoms with E-state index < -0.39 is 63.4 Å². The van der Waals surface area contributed by atoms with Crippen molar-refractivity contribution in [3.8, 4) is 0 Å². The van der Waals surface area contributed by atoms with E-state index in [9.17, 15) is 74.0 Å². The van der Waals surface area contributed by atoms with Crippen LogP contribution in [0.3, 0.4) is 0 Å². The molecule has 5 amide bonds. The van der Waals surface area contributed by atoms with Gasteiger partial charge in [0.15, 0.2) is 0 Å². The molecule has 0 bridgehead atoms. The average molecular weight is 1070 g/mol. The van der Waals surface area contributed by atoms with Crippen LogP contribution in [0, 0.1) is 0 Å². The maximum atomic E-state index is 13.6. The van der Waals surface area contributed by atoms with Crippen molar-refractivity contribution >= 4 is 29.5 Å². The second-order valence-electron chi connectivity index (χ2n) is 17.5. The van der Waals surface area contributed by atoms with Crippen LogP contribution in [0.5, 0.6) is 0 Å². The molecule has 0 fully saturated rings. The Bertz CT molecular complexity index is 3070. The van der Waals surface area contributed by atoms with E-state index in [0.717, 1.165) is 43.2 Å². The fourth-order valence-electron chi connectivity index (χ4n) is 7.89. The Balaban J connectivity index is 1.40. The molecule has 0 aromatic carbocycles. The largest absolute Gasteiger partial charge is 0.425 e. The lowest BCUT2D eigenvalue weighted by molar-refractivity contribution is 0.0847. The molecule has 5 heterocycles. The monoisotopic (exact) mass is 1070 g/mol. The van der Waals surface area contributed by atoms with Crippen molar-refractivity contribution in [3.63, 3.8) is 0 Å². The number of carbonyl (C=O) groups is 5. The molecule has 5 rings (SSSR count). The summed E-state index contributed by atoms with van der Waals surface area (Å²) in [5.74, 6) is -3.79. The quantitative estimate of drug-likeness (QED) is 0.0175. The molecule has 5 aromatic heterocycles. The van der Waals surface area contributed by atoms with E-state index in [-0.39, 0.29) is 137 Å². The number of pyridine rings is 5. The fourth-order valence-corrected chi connectivity index (χ4v) is 7.89. The van der Waals surface area contributed by atoms with Crippen LogP contribution < -0.4 is 54.4 Å². The third-order valence-corrected chi connectivity index (χ3v) is 12.1. The summed E-state index contributed by atoms with van der Waals surface area (Å²) >= 11 is 0. The summed E-state index contributed by atoms with van der Waals surface area (Å²) in [6.45, 7) is 3.46. The summed E-state index contributed by atoms with van der Waals surface area (Å²) < 4.78 is 1.06. The average Bonchev–Trinajstić information content (AvgIpc) is 3.40. The lowest BCUT2D eigenvalue weighted by Gasteiger charge is -2.32. The second kappa shape index (κ2) is 29.2. The first-order chi connectivity index (χ1) is 36.9. The van der Waals surface area contributed by atoms with Crippen molar-refractivity contribution in [2.75, 3.05) is 85.1 Å². The van der Waals surface area contributed by atoms with Crippen LogP contribution >= 0.6 is 0 Å². The van der Waals surface area contributed by atoms with Crippen molar-refractivity contribution in [1.29, 1.82) is 0 Å².